The lowest BCUT2D eigenvalue weighted by molar-refractivity contribution is 0.836. The summed E-state index contributed by atoms with van der Waals surface area (Å²) in [5.74, 6) is 1.60. The zero-order chi connectivity index (χ0) is 37.2. The van der Waals surface area contributed by atoms with Crippen molar-refractivity contribution >= 4 is 66.3 Å². The van der Waals surface area contributed by atoms with Crippen molar-refractivity contribution in [2.75, 3.05) is 4.90 Å². The van der Waals surface area contributed by atoms with Crippen molar-refractivity contribution in [1.82, 2.24) is 18.9 Å². The van der Waals surface area contributed by atoms with Crippen LogP contribution in [0.1, 0.15) is 50.7 Å². The predicted molar refractivity (Wildman–Crippen MR) is 231 cm³/mol. The third kappa shape index (κ3) is 5.22. The summed E-state index contributed by atoms with van der Waals surface area (Å²) in [6, 6.07) is 54.5. The minimum absolute atomic E-state index is 0.369. The number of imidazole rings is 1. The smallest absolute Gasteiger partial charge is 0.145 e. The Bertz CT molecular complexity index is 2980. The van der Waals surface area contributed by atoms with Crippen LogP contribution in [0.15, 0.2) is 164 Å². The number of anilines is 3. The number of pyridine rings is 2. The zero-order valence-corrected chi connectivity index (χ0v) is 31.5. The highest BCUT2D eigenvalue weighted by atomic mass is 15.2. The van der Waals surface area contributed by atoms with E-state index in [1.54, 1.807) is 0 Å². The maximum Gasteiger partial charge on any atom is 0.145 e. The van der Waals surface area contributed by atoms with Crippen LogP contribution in [-0.2, 0) is 0 Å². The Morgan fingerprint density at radius 2 is 1.15 bits per heavy atom. The first-order valence-corrected chi connectivity index (χ1v) is 19.2. The molecular formula is C50H41N5. The first kappa shape index (κ1) is 32.9. The summed E-state index contributed by atoms with van der Waals surface area (Å²) in [6.45, 7) is 9.16. The lowest BCUT2D eigenvalue weighted by Gasteiger charge is -2.24. The molecule has 4 heterocycles. The van der Waals surface area contributed by atoms with Crippen LogP contribution in [0, 0.1) is 0 Å². The molecule has 0 aliphatic heterocycles. The van der Waals surface area contributed by atoms with Crippen molar-refractivity contribution in [2.45, 2.75) is 39.5 Å². The van der Waals surface area contributed by atoms with Gasteiger partial charge in [0.2, 0.25) is 0 Å². The van der Waals surface area contributed by atoms with Crippen LogP contribution in [0.2, 0.25) is 0 Å². The van der Waals surface area contributed by atoms with Crippen molar-refractivity contribution in [1.29, 1.82) is 0 Å². The van der Waals surface area contributed by atoms with Gasteiger partial charge in [-0.05, 0) is 89.0 Å². The molecule has 10 aromatic rings. The van der Waals surface area contributed by atoms with Crippen LogP contribution in [-0.4, -0.2) is 18.9 Å². The highest BCUT2D eigenvalue weighted by Gasteiger charge is 2.23. The fourth-order valence-electron chi connectivity index (χ4n) is 8.65. The average Bonchev–Trinajstić information content (AvgIpc) is 3.81. The number of rotatable bonds is 7. The van der Waals surface area contributed by atoms with Gasteiger partial charge in [0.25, 0.3) is 0 Å². The second-order valence-corrected chi connectivity index (χ2v) is 15.1. The van der Waals surface area contributed by atoms with Crippen molar-refractivity contribution < 1.29 is 0 Å². The molecular weight excluding hydrogens is 671 g/mol. The van der Waals surface area contributed by atoms with Crippen molar-refractivity contribution in [3.05, 3.63) is 175 Å². The van der Waals surface area contributed by atoms with E-state index < -0.39 is 0 Å². The average molecular weight is 712 g/mol. The number of aromatic nitrogens is 4. The van der Waals surface area contributed by atoms with E-state index in [0.29, 0.717) is 11.8 Å². The first-order chi connectivity index (χ1) is 27.0. The van der Waals surface area contributed by atoms with E-state index in [0.717, 1.165) is 56.2 Å². The molecule has 0 atom stereocenters. The van der Waals surface area contributed by atoms with Crippen LogP contribution < -0.4 is 4.90 Å². The maximum absolute atomic E-state index is 5.27. The molecule has 0 saturated heterocycles. The lowest BCUT2D eigenvalue weighted by Crippen LogP contribution is -2.11. The molecule has 0 bridgehead atoms. The molecule has 5 nitrogen and oxygen atoms in total. The Labute approximate surface area is 320 Å². The topological polar surface area (TPSA) is 38.4 Å². The molecule has 0 aliphatic carbocycles. The van der Waals surface area contributed by atoms with E-state index in [2.05, 4.69) is 187 Å². The van der Waals surface area contributed by atoms with Gasteiger partial charge in [0.15, 0.2) is 0 Å². The largest absolute Gasteiger partial charge is 0.309 e. The number of para-hydroxylation sites is 3. The third-order valence-corrected chi connectivity index (χ3v) is 11.1. The Balaban J connectivity index is 1.25. The van der Waals surface area contributed by atoms with Gasteiger partial charge in [0, 0.05) is 50.4 Å². The number of hydrogen-bond acceptors (Lipinski definition) is 3. The van der Waals surface area contributed by atoms with Crippen molar-refractivity contribution in [2.24, 2.45) is 0 Å². The molecule has 6 aromatic carbocycles. The van der Waals surface area contributed by atoms with Crippen LogP contribution in [0.4, 0.5) is 17.2 Å². The lowest BCUT2D eigenvalue weighted by atomic mass is 9.87. The first-order valence-electron chi connectivity index (χ1n) is 19.2. The number of nitrogens with zero attached hydrogens (tertiary/aromatic N) is 5. The minimum atomic E-state index is 0.369. The molecule has 10 rings (SSSR count). The van der Waals surface area contributed by atoms with Crippen molar-refractivity contribution in [3.8, 4) is 16.9 Å². The van der Waals surface area contributed by atoms with Crippen LogP contribution >= 0.6 is 0 Å². The van der Waals surface area contributed by atoms with E-state index in [-0.39, 0.29) is 0 Å². The fourth-order valence-corrected chi connectivity index (χ4v) is 8.65. The molecule has 0 amide bonds. The molecule has 0 spiro atoms. The van der Waals surface area contributed by atoms with Gasteiger partial charge in [0.1, 0.15) is 11.5 Å². The molecule has 0 N–H and O–H groups in total. The van der Waals surface area contributed by atoms with Gasteiger partial charge in [-0.25, -0.2) is 9.97 Å². The van der Waals surface area contributed by atoms with Gasteiger partial charge < -0.3 is 4.57 Å². The fraction of sp³-hybridized carbons (Fsp3) is 0.120. The summed E-state index contributed by atoms with van der Waals surface area (Å²) >= 11 is 0. The second-order valence-electron chi connectivity index (χ2n) is 15.1. The van der Waals surface area contributed by atoms with Gasteiger partial charge in [-0.15, -0.1) is 0 Å². The van der Waals surface area contributed by atoms with Crippen LogP contribution in [0.25, 0.3) is 66.1 Å². The van der Waals surface area contributed by atoms with Gasteiger partial charge in [0.05, 0.1) is 28.4 Å². The van der Waals surface area contributed by atoms with E-state index in [1.807, 2.05) is 18.3 Å². The van der Waals surface area contributed by atoms with E-state index >= 15 is 0 Å². The van der Waals surface area contributed by atoms with Gasteiger partial charge in [-0.1, -0.05) is 119 Å². The maximum atomic E-state index is 5.27. The standard InChI is InChI=1S/C50H41N5/c1-32(2)37-19-14-20-38(33(3)4)49(37)47-31-52-50-43-29-35(24-26-39(43)40-17-8-11-22-45(40)55(47)50)54-44-21-10-9-18-41(44)42-27-25-36(30-46(42)54)53(34-15-6-5-7-16-34)48-23-12-13-28-51-48/h5-33H,1-4H3. The third-order valence-electron chi connectivity index (χ3n) is 11.1. The van der Waals surface area contributed by atoms with Crippen molar-refractivity contribution in [3.63, 3.8) is 0 Å². The summed E-state index contributed by atoms with van der Waals surface area (Å²) in [6.07, 6.45) is 3.95. The summed E-state index contributed by atoms with van der Waals surface area (Å²) in [7, 11) is 0. The Hall–Kier alpha value is -6.72. The zero-order valence-electron chi connectivity index (χ0n) is 31.5. The Kier molecular flexibility index (Phi) is 7.77. The molecule has 0 unspecified atom stereocenters. The normalized spacial score (nSPS) is 12.0. The molecule has 0 radical (unpaired) electrons. The molecule has 0 aliphatic rings. The number of hydrogen-bond donors (Lipinski definition) is 0. The van der Waals surface area contributed by atoms with Gasteiger partial charge in [-0.2, -0.15) is 0 Å². The minimum Gasteiger partial charge on any atom is -0.309 e. The van der Waals surface area contributed by atoms with E-state index in [4.69, 9.17) is 9.97 Å². The summed E-state index contributed by atoms with van der Waals surface area (Å²) in [4.78, 5) is 12.3. The second kappa shape index (κ2) is 13.0. The SMILES string of the molecule is CC(C)c1cccc(C(C)C)c1-c1cnc2c3cc(-n4c5ccccc5c5ccc(N(c6ccccc6)c6ccccn6)cc54)ccc3c3ccccc3n12. The molecule has 266 valence electrons. The van der Waals surface area contributed by atoms with Gasteiger partial charge in [-0.3, -0.25) is 9.30 Å². The molecule has 0 saturated carbocycles. The Morgan fingerprint density at radius 1 is 0.491 bits per heavy atom. The van der Waals surface area contributed by atoms with Crippen LogP contribution in [0.5, 0.6) is 0 Å². The summed E-state index contributed by atoms with van der Waals surface area (Å²) in [5.41, 5.74) is 12.7. The van der Waals surface area contributed by atoms with E-state index in [1.165, 1.54) is 38.2 Å². The highest BCUT2D eigenvalue weighted by Crippen LogP contribution is 2.42. The molecule has 5 heteroatoms. The Morgan fingerprint density at radius 3 is 1.87 bits per heavy atom. The van der Waals surface area contributed by atoms with Gasteiger partial charge >= 0.3 is 0 Å². The summed E-state index contributed by atoms with van der Waals surface area (Å²) < 4.78 is 4.82. The highest BCUT2D eigenvalue weighted by molar-refractivity contribution is 6.14. The monoisotopic (exact) mass is 711 g/mol. The molecule has 4 aromatic heterocycles. The van der Waals surface area contributed by atoms with Crippen LogP contribution in [0.3, 0.4) is 0 Å². The number of benzene rings is 6. The molecule has 55 heavy (non-hydrogen) atoms. The van der Waals surface area contributed by atoms with E-state index in [9.17, 15) is 0 Å². The number of fused-ring (bicyclic) bond motifs is 9. The summed E-state index contributed by atoms with van der Waals surface area (Å²) in [5, 5.41) is 5.94. The quantitative estimate of drug-likeness (QED) is 0.155. The predicted octanol–water partition coefficient (Wildman–Crippen LogP) is 13.5. The molecule has 0 fully saturated rings.